The maximum Gasteiger partial charge on any atom is 0.418 e. The first-order chi connectivity index (χ1) is 15.0. The van der Waals surface area contributed by atoms with Crippen molar-refractivity contribution in [3.63, 3.8) is 0 Å². The number of carbonyl (C=O) groups is 3. The van der Waals surface area contributed by atoms with Crippen molar-refractivity contribution < 1.29 is 28.6 Å². The van der Waals surface area contributed by atoms with Gasteiger partial charge in [0.15, 0.2) is 5.60 Å². The average molecular weight is 483 g/mol. The van der Waals surface area contributed by atoms with E-state index in [1.807, 2.05) is 6.07 Å². The van der Waals surface area contributed by atoms with Crippen molar-refractivity contribution >= 4 is 51.2 Å². The van der Waals surface area contributed by atoms with Crippen LogP contribution in [0.3, 0.4) is 0 Å². The van der Waals surface area contributed by atoms with Gasteiger partial charge in [0.1, 0.15) is 10.4 Å². The molecule has 3 heterocycles. The summed E-state index contributed by atoms with van der Waals surface area (Å²) in [6.45, 7) is 7.59. The number of hydrogen-bond donors (Lipinski definition) is 0. The third-order valence-electron chi connectivity index (χ3n) is 5.39. The van der Waals surface area contributed by atoms with E-state index in [0.29, 0.717) is 45.9 Å². The van der Waals surface area contributed by atoms with Gasteiger partial charge in [-0.2, -0.15) is 0 Å². The first-order valence-corrected chi connectivity index (χ1v) is 11.5. The maximum absolute atomic E-state index is 13.0. The lowest BCUT2D eigenvalue weighted by Crippen LogP contribution is -2.53. The largest absolute Gasteiger partial charge is 0.461 e. The number of amides is 1. The first-order valence-electron chi connectivity index (χ1n) is 10.3. The first kappa shape index (κ1) is 24.3. The molecule has 2 atom stereocenters. The molecule has 1 aliphatic rings. The van der Waals surface area contributed by atoms with E-state index in [-0.39, 0.29) is 0 Å². The summed E-state index contributed by atoms with van der Waals surface area (Å²) in [6, 6.07) is 2.87. The molecule has 3 rings (SSSR count). The zero-order valence-electron chi connectivity index (χ0n) is 18.8. The van der Waals surface area contributed by atoms with Crippen LogP contribution in [0, 0.1) is 0 Å². The van der Waals surface area contributed by atoms with Crippen molar-refractivity contribution in [2.24, 2.45) is 0 Å². The van der Waals surface area contributed by atoms with Crippen LogP contribution in [0.4, 0.5) is 4.79 Å². The van der Waals surface area contributed by atoms with E-state index in [1.165, 1.54) is 11.3 Å². The second-order valence-electron chi connectivity index (χ2n) is 8.70. The summed E-state index contributed by atoms with van der Waals surface area (Å²) >= 11 is 7.67. The standard InChI is InChI=1S/C22H27ClN2O6S/c1-13-22(30-19(27)18(26)29-5,16-12-14-15(23)8-10-24-17(14)32-16)9-6-7-11-25(13)20(28)31-21(2,3)4/h8,10,12-13H,6-7,9,11H2,1-5H3. The number of ether oxygens (including phenoxy) is 3. The van der Waals surface area contributed by atoms with Gasteiger partial charge in [-0.25, -0.2) is 19.4 Å². The van der Waals surface area contributed by atoms with Crippen molar-refractivity contribution in [1.82, 2.24) is 9.88 Å². The molecule has 0 radical (unpaired) electrons. The topological polar surface area (TPSA) is 95.0 Å². The Morgan fingerprint density at radius 1 is 1.25 bits per heavy atom. The summed E-state index contributed by atoms with van der Waals surface area (Å²) in [5.41, 5.74) is -1.99. The summed E-state index contributed by atoms with van der Waals surface area (Å²) in [7, 11) is 1.11. The van der Waals surface area contributed by atoms with Gasteiger partial charge < -0.3 is 19.1 Å². The molecule has 2 aromatic heterocycles. The second-order valence-corrected chi connectivity index (χ2v) is 10.1. The summed E-state index contributed by atoms with van der Waals surface area (Å²) in [5.74, 6) is -2.23. The van der Waals surface area contributed by atoms with E-state index in [9.17, 15) is 14.4 Å². The van der Waals surface area contributed by atoms with Gasteiger partial charge in [-0.15, -0.1) is 11.3 Å². The molecule has 2 unspecified atom stereocenters. The Kier molecular flexibility index (Phi) is 7.00. The number of nitrogens with zero attached hydrogens (tertiary/aromatic N) is 2. The molecule has 1 fully saturated rings. The van der Waals surface area contributed by atoms with Crippen LogP contribution in [0.25, 0.3) is 10.2 Å². The highest BCUT2D eigenvalue weighted by atomic mass is 35.5. The fourth-order valence-corrected chi connectivity index (χ4v) is 5.34. The Morgan fingerprint density at radius 3 is 2.59 bits per heavy atom. The van der Waals surface area contributed by atoms with E-state index >= 15 is 0 Å². The Bertz CT molecular complexity index is 1030. The van der Waals surface area contributed by atoms with Crippen molar-refractivity contribution in [2.45, 2.75) is 64.2 Å². The molecular weight excluding hydrogens is 456 g/mol. The normalized spacial score (nSPS) is 21.7. The number of likely N-dealkylation sites (tertiary alicyclic amines) is 1. The van der Waals surface area contributed by atoms with Gasteiger partial charge in [0.25, 0.3) is 0 Å². The highest BCUT2D eigenvalue weighted by molar-refractivity contribution is 7.18. The van der Waals surface area contributed by atoms with Crippen LogP contribution >= 0.6 is 22.9 Å². The number of fused-ring (bicyclic) bond motifs is 1. The van der Waals surface area contributed by atoms with Gasteiger partial charge in [-0.05, 0) is 59.1 Å². The minimum atomic E-state index is -1.30. The lowest BCUT2D eigenvalue weighted by Gasteiger charge is -2.41. The SMILES string of the molecule is COC(=O)C(=O)OC1(c2cc3c(Cl)ccnc3s2)CCCCN(C(=O)OC(C)(C)C)C1C. The van der Waals surface area contributed by atoms with Crippen LogP contribution < -0.4 is 0 Å². The van der Waals surface area contributed by atoms with Gasteiger partial charge in [-0.1, -0.05) is 11.6 Å². The Labute approximate surface area is 195 Å². The Morgan fingerprint density at radius 2 is 1.97 bits per heavy atom. The Hall–Kier alpha value is -2.39. The predicted octanol–water partition coefficient (Wildman–Crippen LogP) is 4.67. The fourth-order valence-electron chi connectivity index (χ4n) is 3.82. The molecule has 174 valence electrons. The molecule has 10 heteroatoms. The zero-order chi connectivity index (χ0) is 23.7. The van der Waals surface area contributed by atoms with Gasteiger partial charge in [-0.3, -0.25) is 0 Å². The highest BCUT2D eigenvalue weighted by Crippen LogP contribution is 2.45. The monoisotopic (exact) mass is 482 g/mol. The molecule has 32 heavy (non-hydrogen) atoms. The van der Waals surface area contributed by atoms with Gasteiger partial charge in [0.05, 0.1) is 23.1 Å². The van der Waals surface area contributed by atoms with Crippen molar-refractivity contribution in [2.75, 3.05) is 13.7 Å². The molecule has 0 saturated carbocycles. The van der Waals surface area contributed by atoms with Crippen LogP contribution in [0.1, 0.15) is 51.8 Å². The summed E-state index contributed by atoms with van der Waals surface area (Å²) < 4.78 is 16.0. The molecule has 0 N–H and O–H groups in total. The van der Waals surface area contributed by atoms with Crippen LogP contribution in [0.5, 0.6) is 0 Å². The molecule has 0 aliphatic carbocycles. The minimum absolute atomic E-state index is 0.403. The predicted molar refractivity (Wildman–Crippen MR) is 121 cm³/mol. The Balaban J connectivity index is 2.13. The van der Waals surface area contributed by atoms with Gasteiger partial charge in [0.2, 0.25) is 0 Å². The molecular formula is C22H27ClN2O6S. The van der Waals surface area contributed by atoms with Crippen molar-refractivity contribution in [3.05, 3.63) is 28.2 Å². The number of carbonyl (C=O) groups excluding carboxylic acids is 3. The third kappa shape index (κ3) is 4.83. The minimum Gasteiger partial charge on any atom is -0.461 e. The number of halogens is 1. The number of esters is 2. The third-order valence-corrected chi connectivity index (χ3v) is 6.93. The number of aromatic nitrogens is 1. The van der Waals surface area contributed by atoms with Crippen LogP contribution in [0.2, 0.25) is 5.02 Å². The van der Waals surface area contributed by atoms with E-state index < -0.39 is 35.3 Å². The van der Waals surface area contributed by atoms with E-state index in [0.717, 1.165) is 7.11 Å². The molecule has 1 aliphatic heterocycles. The summed E-state index contributed by atoms with van der Waals surface area (Å²) in [4.78, 5) is 44.8. The fraction of sp³-hybridized carbons (Fsp3) is 0.545. The molecule has 1 saturated heterocycles. The van der Waals surface area contributed by atoms with Crippen LogP contribution in [-0.4, -0.2) is 53.2 Å². The number of pyridine rings is 1. The van der Waals surface area contributed by atoms with E-state index in [2.05, 4.69) is 9.72 Å². The van der Waals surface area contributed by atoms with Crippen molar-refractivity contribution in [1.29, 1.82) is 0 Å². The summed E-state index contributed by atoms with van der Waals surface area (Å²) in [6.07, 6.45) is 2.84. The van der Waals surface area contributed by atoms with E-state index in [1.54, 1.807) is 44.9 Å². The quantitative estimate of drug-likeness (QED) is 0.348. The lowest BCUT2D eigenvalue weighted by atomic mass is 9.88. The number of thiophene rings is 1. The number of hydrogen-bond acceptors (Lipinski definition) is 8. The molecule has 1 amide bonds. The highest BCUT2D eigenvalue weighted by Gasteiger charge is 2.50. The zero-order valence-corrected chi connectivity index (χ0v) is 20.3. The molecule has 0 spiro atoms. The summed E-state index contributed by atoms with van der Waals surface area (Å²) in [5, 5.41) is 1.22. The van der Waals surface area contributed by atoms with Crippen LogP contribution in [-0.2, 0) is 29.4 Å². The maximum atomic E-state index is 13.0. The van der Waals surface area contributed by atoms with Crippen molar-refractivity contribution in [3.8, 4) is 0 Å². The molecule has 0 bridgehead atoms. The molecule has 2 aromatic rings. The lowest BCUT2D eigenvalue weighted by molar-refractivity contribution is -0.182. The molecule has 8 nitrogen and oxygen atoms in total. The second kappa shape index (κ2) is 9.23. The van der Waals surface area contributed by atoms with E-state index in [4.69, 9.17) is 21.1 Å². The smallest absolute Gasteiger partial charge is 0.418 e. The molecule has 0 aromatic carbocycles. The number of rotatable bonds is 2. The number of methoxy groups -OCH3 is 1. The average Bonchev–Trinajstić information content (AvgIpc) is 3.09. The van der Waals surface area contributed by atoms with Gasteiger partial charge in [0, 0.05) is 18.1 Å². The van der Waals surface area contributed by atoms with Crippen LogP contribution in [0.15, 0.2) is 18.3 Å². The van der Waals surface area contributed by atoms with Gasteiger partial charge >= 0.3 is 18.0 Å².